The monoisotopic (exact) mass is 401 g/mol. The molecule has 126 valence electrons. The molecule has 0 atom stereocenters. The minimum Gasteiger partial charge on any atom is -0.305 e. The molecule has 24 heavy (non-hydrogen) atoms. The summed E-state index contributed by atoms with van der Waals surface area (Å²) in [5.41, 5.74) is 1.16. The lowest BCUT2D eigenvalue weighted by molar-refractivity contribution is -0.138. The summed E-state index contributed by atoms with van der Waals surface area (Å²) < 4.78 is 39.4. The topological polar surface area (TPSA) is 63.5 Å². The van der Waals surface area contributed by atoms with Gasteiger partial charge in [-0.25, -0.2) is 5.43 Å². The van der Waals surface area contributed by atoms with Crippen molar-refractivity contribution < 1.29 is 18.0 Å². The number of amides is 1. The average Bonchev–Trinajstić information content (AvgIpc) is 2.50. The average molecular weight is 402 g/mol. The maximum absolute atomic E-state index is 12.6. The summed E-state index contributed by atoms with van der Waals surface area (Å²) in [5.74, 6) is -0.718. The third kappa shape index (κ3) is 5.05. The first-order valence-corrected chi connectivity index (χ1v) is 7.40. The zero-order valence-corrected chi connectivity index (χ0v) is 13.6. The highest BCUT2D eigenvalue weighted by atomic mass is 79.9. The number of carbonyl (C=O) groups excluding carboxylic acids is 1. The van der Waals surface area contributed by atoms with Crippen LogP contribution in [0.5, 0.6) is 0 Å². The summed E-state index contributed by atoms with van der Waals surface area (Å²) in [7, 11) is 0. The second kappa shape index (κ2) is 7.43. The van der Waals surface area contributed by atoms with E-state index in [-0.39, 0.29) is 0 Å². The van der Waals surface area contributed by atoms with E-state index in [1.807, 2.05) is 0 Å². The predicted octanol–water partition coefficient (Wildman–Crippen LogP) is 2.78. The van der Waals surface area contributed by atoms with E-state index in [1.54, 1.807) is 24.3 Å². The Hall–Kier alpha value is -2.42. The number of nitrogens with one attached hydrogen (secondary N) is 1. The van der Waals surface area contributed by atoms with Crippen molar-refractivity contribution in [1.82, 2.24) is 9.99 Å². The van der Waals surface area contributed by atoms with Gasteiger partial charge in [0.1, 0.15) is 6.54 Å². The highest BCUT2D eigenvalue weighted by Crippen LogP contribution is 2.27. The second-order valence-corrected chi connectivity index (χ2v) is 5.64. The van der Waals surface area contributed by atoms with Crippen LogP contribution in [0.4, 0.5) is 13.2 Å². The van der Waals surface area contributed by atoms with Crippen molar-refractivity contribution in [1.29, 1.82) is 0 Å². The molecule has 0 saturated carbocycles. The van der Waals surface area contributed by atoms with Crippen LogP contribution >= 0.6 is 15.9 Å². The first-order chi connectivity index (χ1) is 11.3. The maximum atomic E-state index is 12.6. The smallest absolute Gasteiger partial charge is 0.305 e. The largest absolute Gasteiger partial charge is 0.417 e. The summed E-state index contributed by atoms with van der Waals surface area (Å²) in [6.07, 6.45) is -2.62. The Morgan fingerprint density at radius 1 is 1.21 bits per heavy atom. The lowest BCUT2D eigenvalue weighted by Crippen LogP contribution is -2.30. The van der Waals surface area contributed by atoms with Crippen molar-refractivity contribution >= 4 is 28.1 Å². The summed E-state index contributed by atoms with van der Waals surface area (Å²) >= 11 is 3.27. The number of carbonyl (C=O) groups is 1. The van der Waals surface area contributed by atoms with Crippen molar-refractivity contribution in [2.24, 2.45) is 5.10 Å². The van der Waals surface area contributed by atoms with E-state index in [0.717, 1.165) is 16.1 Å². The lowest BCUT2D eigenvalue weighted by Gasteiger charge is -2.09. The van der Waals surface area contributed by atoms with E-state index in [9.17, 15) is 22.8 Å². The third-order valence-corrected chi connectivity index (χ3v) is 3.43. The Bertz CT molecular complexity index is 814. The van der Waals surface area contributed by atoms with Crippen LogP contribution in [0, 0.1) is 0 Å². The summed E-state index contributed by atoms with van der Waals surface area (Å²) in [6, 6.07) is 8.49. The predicted molar refractivity (Wildman–Crippen MR) is 85.6 cm³/mol. The highest BCUT2D eigenvalue weighted by Gasteiger charge is 2.31. The number of hydrogen-bond acceptors (Lipinski definition) is 3. The molecule has 0 unspecified atom stereocenters. The van der Waals surface area contributed by atoms with Crippen LogP contribution in [0.1, 0.15) is 11.1 Å². The molecule has 1 heterocycles. The van der Waals surface area contributed by atoms with Gasteiger partial charge in [-0.3, -0.25) is 9.59 Å². The van der Waals surface area contributed by atoms with E-state index in [2.05, 4.69) is 26.5 Å². The molecule has 0 aliphatic carbocycles. The molecule has 1 N–H and O–H groups in total. The number of pyridine rings is 1. The number of alkyl halides is 3. The van der Waals surface area contributed by atoms with Crippen LogP contribution in [0.15, 0.2) is 57.0 Å². The van der Waals surface area contributed by atoms with Crippen molar-refractivity contribution in [3.63, 3.8) is 0 Å². The maximum Gasteiger partial charge on any atom is 0.417 e. The van der Waals surface area contributed by atoms with Crippen molar-refractivity contribution in [2.45, 2.75) is 12.7 Å². The van der Waals surface area contributed by atoms with Crippen molar-refractivity contribution in [2.75, 3.05) is 0 Å². The van der Waals surface area contributed by atoms with Gasteiger partial charge < -0.3 is 4.57 Å². The van der Waals surface area contributed by atoms with E-state index >= 15 is 0 Å². The zero-order chi connectivity index (χ0) is 17.7. The minimum absolute atomic E-state index is 0.569. The molecule has 1 aromatic heterocycles. The standard InChI is InChI=1S/C15H11BrF3N3O2/c16-12-4-1-10(2-5-12)7-20-21-13(23)9-22-8-11(15(17,18)19)3-6-14(22)24/h1-8H,9H2,(H,21,23)/b20-7-. The van der Waals surface area contributed by atoms with Gasteiger partial charge in [-0.1, -0.05) is 28.1 Å². The lowest BCUT2D eigenvalue weighted by atomic mass is 10.2. The van der Waals surface area contributed by atoms with Gasteiger partial charge in [0.25, 0.3) is 11.5 Å². The Kier molecular flexibility index (Phi) is 5.55. The number of halogens is 4. The molecule has 0 radical (unpaired) electrons. The quantitative estimate of drug-likeness (QED) is 0.632. The van der Waals surface area contributed by atoms with Crippen LogP contribution in [-0.4, -0.2) is 16.7 Å². The number of hydrazone groups is 1. The Morgan fingerprint density at radius 3 is 2.50 bits per heavy atom. The van der Waals surface area contributed by atoms with Crippen LogP contribution in [-0.2, 0) is 17.5 Å². The molecule has 0 saturated heterocycles. The summed E-state index contributed by atoms with van der Waals surface area (Å²) in [5, 5.41) is 3.69. The van der Waals surface area contributed by atoms with Gasteiger partial charge in [0, 0.05) is 16.7 Å². The molecule has 0 fully saturated rings. The van der Waals surface area contributed by atoms with Gasteiger partial charge in [0.05, 0.1) is 11.8 Å². The first kappa shape index (κ1) is 17.9. The van der Waals surface area contributed by atoms with Crippen LogP contribution in [0.25, 0.3) is 0 Å². The SMILES string of the molecule is O=C(Cn1cc(C(F)(F)F)ccc1=O)N/N=C\c1ccc(Br)cc1. The number of hydrogen-bond donors (Lipinski definition) is 1. The molecule has 5 nitrogen and oxygen atoms in total. The molecular formula is C15H11BrF3N3O2. The van der Waals surface area contributed by atoms with Crippen LogP contribution < -0.4 is 11.0 Å². The van der Waals surface area contributed by atoms with Crippen LogP contribution in [0.3, 0.4) is 0 Å². The van der Waals surface area contributed by atoms with Gasteiger partial charge >= 0.3 is 6.18 Å². The van der Waals surface area contributed by atoms with E-state index in [1.165, 1.54) is 6.21 Å². The molecule has 9 heteroatoms. The summed E-state index contributed by atoms with van der Waals surface area (Å²) in [6.45, 7) is -0.569. The fraction of sp³-hybridized carbons (Fsp3) is 0.133. The molecule has 0 aliphatic heterocycles. The molecule has 1 amide bonds. The molecule has 0 bridgehead atoms. The van der Waals surface area contributed by atoms with E-state index in [0.29, 0.717) is 16.8 Å². The molecular weight excluding hydrogens is 391 g/mol. The van der Waals surface area contributed by atoms with Gasteiger partial charge in [-0.05, 0) is 23.8 Å². The fourth-order valence-electron chi connectivity index (χ4n) is 1.74. The molecule has 2 aromatic rings. The Labute approximate surface area is 142 Å². The second-order valence-electron chi connectivity index (χ2n) is 4.73. The number of aromatic nitrogens is 1. The number of rotatable bonds is 4. The summed E-state index contributed by atoms with van der Waals surface area (Å²) in [4.78, 5) is 23.2. The Morgan fingerprint density at radius 2 is 1.88 bits per heavy atom. The molecule has 0 spiro atoms. The van der Waals surface area contributed by atoms with Gasteiger partial charge in [0.2, 0.25) is 0 Å². The van der Waals surface area contributed by atoms with Crippen molar-refractivity contribution in [3.8, 4) is 0 Å². The Balaban J connectivity index is 2.02. The minimum atomic E-state index is -4.59. The third-order valence-electron chi connectivity index (χ3n) is 2.90. The van der Waals surface area contributed by atoms with E-state index < -0.39 is 29.8 Å². The number of nitrogens with zero attached hydrogens (tertiary/aromatic N) is 2. The van der Waals surface area contributed by atoms with Gasteiger partial charge in [-0.2, -0.15) is 18.3 Å². The zero-order valence-electron chi connectivity index (χ0n) is 12.0. The highest BCUT2D eigenvalue weighted by molar-refractivity contribution is 9.10. The number of benzene rings is 1. The van der Waals surface area contributed by atoms with Crippen LogP contribution in [0.2, 0.25) is 0 Å². The van der Waals surface area contributed by atoms with Crippen molar-refractivity contribution in [3.05, 3.63) is 68.5 Å². The van der Waals surface area contributed by atoms with Gasteiger partial charge in [0.15, 0.2) is 0 Å². The first-order valence-electron chi connectivity index (χ1n) is 6.61. The normalized spacial score (nSPS) is 11.7. The molecule has 0 aliphatic rings. The molecule has 2 rings (SSSR count). The van der Waals surface area contributed by atoms with E-state index in [4.69, 9.17) is 0 Å². The van der Waals surface area contributed by atoms with Gasteiger partial charge in [-0.15, -0.1) is 0 Å². The fourth-order valence-corrected chi connectivity index (χ4v) is 2.00. The molecule has 1 aromatic carbocycles.